The summed E-state index contributed by atoms with van der Waals surface area (Å²) in [6, 6.07) is 2.83. The Hall–Kier alpha value is -1.95. The number of aromatic nitrogens is 2. The number of nitrogens with one attached hydrogen (secondary N) is 2. The molecular weight excluding hydrogens is 250 g/mol. The average Bonchev–Trinajstić information content (AvgIpc) is 2.76. The Balaban J connectivity index is 1.85. The fourth-order valence-electron chi connectivity index (χ4n) is 1.45. The first-order valence-corrected chi connectivity index (χ1v) is 6.41. The molecule has 0 atom stereocenters. The quantitative estimate of drug-likeness (QED) is 0.867. The minimum atomic E-state index is -0.218. The molecule has 0 saturated carbocycles. The number of aromatic amines is 1. The summed E-state index contributed by atoms with van der Waals surface area (Å²) >= 11 is 1.59. The zero-order valence-corrected chi connectivity index (χ0v) is 10.7. The molecule has 0 aliphatic heterocycles. The first-order valence-electron chi connectivity index (χ1n) is 5.53. The second-order valence-electron chi connectivity index (χ2n) is 3.83. The molecule has 0 unspecified atom stereocenters. The third-order valence-electron chi connectivity index (χ3n) is 2.34. The van der Waals surface area contributed by atoms with Gasteiger partial charge in [-0.2, -0.15) is 0 Å². The van der Waals surface area contributed by atoms with Crippen LogP contribution in [-0.4, -0.2) is 22.4 Å². The van der Waals surface area contributed by atoms with Gasteiger partial charge in [-0.05, 0) is 13.0 Å². The van der Waals surface area contributed by atoms with Crippen LogP contribution in [0.2, 0.25) is 0 Å². The van der Waals surface area contributed by atoms with E-state index in [0.717, 1.165) is 10.7 Å². The number of thiazole rings is 1. The lowest BCUT2D eigenvalue weighted by atomic mass is 10.2. The molecule has 0 aliphatic carbocycles. The fourth-order valence-corrected chi connectivity index (χ4v) is 2.23. The molecule has 0 saturated heterocycles. The number of carbonyl (C=O) groups excluding carboxylic acids is 1. The van der Waals surface area contributed by atoms with Crippen LogP contribution in [0.25, 0.3) is 0 Å². The van der Waals surface area contributed by atoms with E-state index in [1.54, 1.807) is 11.3 Å². The van der Waals surface area contributed by atoms with Gasteiger partial charge in [0, 0.05) is 36.3 Å². The van der Waals surface area contributed by atoms with Gasteiger partial charge in [-0.1, -0.05) is 0 Å². The minimum absolute atomic E-state index is 0.195. The third kappa shape index (κ3) is 3.27. The van der Waals surface area contributed by atoms with Crippen molar-refractivity contribution < 1.29 is 4.79 Å². The first-order chi connectivity index (χ1) is 8.65. The molecule has 2 N–H and O–H groups in total. The molecule has 0 aromatic carbocycles. The molecule has 2 heterocycles. The van der Waals surface area contributed by atoms with Gasteiger partial charge in [0.25, 0.3) is 5.91 Å². The van der Waals surface area contributed by atoms with E-state index in [1.165, 1.54) is 18.3 Å². The van der Waals surface area contributed by atoms with Crippen molar-refractivity contribution in [1.82, 2.24) is 15.3 Å². The lowest BCUT2D eigenvalue weighted by molar-refractivity contribution is 0.0954. The van der Waals surface area contributed by atoms with Crippen LogP contribution < -0.4 is 10.9 Å². The van der Waals surface area contributed by atoms with Crippen molar-refractivity contribution in [2.45, 2.75) is 13.3 Å². The number of nitrogens with zero attached hydrogens (tertiary/aromatic N) is 1. The average molecular weight is 263 g/mol. The van der Waals surface area contributed by atoms with Crippen molar-refractivity contribution in [2.75, 3.05) is 6.54 Å². The topological polar surface area (TPSA) is 74.8 Å². The SMILES string of the molecule is Cc1csc(CCNC(=O)c2ccc(=O)[nH]c2)n1. The maximum Gasteiger partial charge on any atom is 0.252 e. The van der Waals surface area contributed by atoms with E-state index in [9.17, 15) is 9.59 Å². The minimum Gasteiger partial charge on any atom is -0.352 e. The van der Waals surface area contributed by atoms with Crippen molar-refractivity contribution >= 4 is 17.2 Å². The molecule has 1 amide bonds. The van der Waals surface area contributed by atoms with E-state index < -0.39 is 0 Å². The summed E-state index contributed by atoms with van der Waals surface area (Å²) < 4.78 is 0. The zero-order chi connectivity index (χ0) is 13.0. The Kier molecular flexibility index (Phi) is 3.88. The molecule has 2 rings (SSSR count). The number of amides is 1. The summed E-state index contributed by atoms with van der Waals surface area (Å²) in [5.41, 5.74) is 1.23. The van der Waals surface area contributed by atoms with Crippen LogP contribution in [0.3, 0.4) is 0 Å². The molecular formula is C12H13N3O2S. The summed E-state index contributed by atoms with van der Waals surface area (Å²) in [7, 11) is 0. The molecule has 2 aromatic rings. The van der Waals surface area contributed by atoms with Crippen molar-refractivity contribution in [3.8, 4) is 0 Å². The van der Waals surface area contributed by atoms with Gasteiger partial charge >= 0.3 is 0 Å². The van der Waals surface area contributed by atoms with Crippen molar-refractivity contribution in [3.63, 3.8) is 0 Å². The third-order valence-corrected chi connectivity index (χ3v) is 3.36. The highest BCUT2D eigenvalue weighted by Gasteiger charge is 2.05. The highest BCUT2D eigenvalue weighted by atomic mass is 32.1. The molecule has 2 aromatic heterocycles. The molecule has 0 bridgehead atoms. The smallest absolute Gasteiger partial charge is 0.252 e. The number of hydrogen-bond donors (Lipinski definition) is 2. The Bertz CT molecular complexity index is 583. The Morgan fingerprint density at radius 1 is 1.50 bits per heavy atom. The second-order valence-corrected chi connectivity index (χ2v) is 4.77. The van der Waals surface area contributed by atoms with Gasteiger partial charge in [0.15, 0.2) is 0 Å². The highest BCUT2D eigenvalue weighted by molar-refractivity contribution is 7.09. The molecule has 0 aliphatic rings. The lowest BCUT2D eigenvalue weighted by Crippen LogP contribution is -2.26. The Labute approximate surface area is 108 Å². The first kappa shape index (κ1) is 12.5. The summed E-state index contributed by atoms with van der Waals surface area (Å²) in [6.07, 6.45) is 2.12. The predicted octanol–water partition coefficient (Wildman–Crippen LogP) is 1.11. The molecule has 0 radical (unpaired) electrons. The van der Waals surface area contributed by atoms with E-state index in [2.05, 4.69) is 15.3 Å². The number of rotatable bonds is 4. The van der Waals surface area contributed by atoms with Crippen LogP contribution >= 0.6 is 11.3 Å². The Morgan fingerprint density at radius 3 is 2.94 bits per heavy atom. The summed E-state index contributed by atoms with van der Waals surface area (Å²) in [4.78, 5) is 29.3. The lowest BCUT2D eigenvalue weighted by Gasteiger charge is -2.03. The van der Waals surface area contributed by atoms with Crippen LogP contribution in [0.5, 0.6) is 0 Å². The van der Waals surface area contributed by atoms with Crippen LogP contribution in [-0.2, 0) is 6.42 Å². The van der Waals surface area contributed by atoms with Crippen LogP contribution in [0, 0.1) is 6.92 Å². The van der Waals surface area contributed by atoms with Gasteiger partial charge < -0.3 is 10.3 Å². The summed E-state index contributed by atoms with van der Waals surface area (Å²) in [5, 5.41) is 5.78. The number of H-pyrrole nitrogens is 1. The number of aryl methyl sites for hydroxylation is 1. The van der Waals surface area contributed by atoms with Crippen LogP contribution in [0.4, 0.5) is 0 Å². The molecule has 0 spiro atoms. The number of hydrogen-bond acceptors (Lipinski definition) is 4. The largest absolute Gasteiger partial charge is 0.352 e. The van der Waals surface area contributed by atoms with Gasteiger partial charge in [0.2, 0.25) is 5.56 Å². The monoisotopic (exact) mass is 263 g/mol. The van der Waals surface area contributed by atoms with Crippen molar-refractivity contribution in [3.05, 3.63) is 50.3 Å². The van der Waals surface area contributed by atoms with E-state index in [1.807, 2.05) is 12.3 Å². The second kappa shape index (κ2) is 5.59. The predicted molar refractivity (Wildman–Crippen MR) is 70.0 cm³/mol. The van der Waals surface area contributed by atoms with E-state index >= 15 is 0 Å². The van der Waals surface area contributed by atoms with Gasteiger partial charge in [-0.3, -0.25) is 9.59 Å². The van der Waals surface area contributed by atoms with Crippen molar-refractivity contribution in [1.29, 1.82) is 0 Å². The molecule has 6 heteroatoms. The van der Waals surface area contributed by atoms with Gasteiger partial charge in [0.05, 0.1) is 10.6 Å². The van der Waals surface area contributed by atoms with E-state index in [4.69, 9.17) is 0 Å². The van der Waals surface area contributed by atoms with Crippen LogP contribution in [0.1, 0.15) is 21.1 Å². The standard InChI is InChI=1S/C12H13N3O2S/c1-8-7-18-11(15-8)4-5-13-12(17)9-2-3-10(16)14-6-9/h2-3,6-7H,4-5H2,1H3,(H,13,17)(H,14,16). The maximum absolute atomic E-state index is 11.7. The zero-order valence-electron chi connectivity index (χ0n) is 9.90. The molecule has 94 valence electrons. The van der Waals surface area contributed by atoms with E-state index in [0.29, 0.717) is 18.5 Å². The highest BCUT2D eigenvalue weighted by Crippen LogP contribution is 2.08. The summed E-state index contributed by atoms with van der Waals surface area (Å²) in [6.45, 7) is 2.48. The molecule has 5 nitrogen and oxygen atoms in total. The number of carbonyl (C=O) groups is 1. The molecule has 0 fully saturated rings. The molecule has 18 heavy (non-hydrogen) atoms. The van der Waals surface area contributed by atoms with Gasteiger partial charge in [-0.25, -0.2) is 4.98 Å². The normalized spacial score (nSPS) is 10.3. The maximum atomic E-state index is 11.7. The fraction of sp³-hybridized carbons (Fsp3) is 0.250. The van der Waals surface area contributed by atoms with Crippen molar-refractivity contribution in [2.24, 2.45) is 0 Å². The van der Waals surface area contributed by atoms with Gasteiger partial charge in [-0.15, -0.1) is 11.3 Å². The van der Waals surface area contributed by atoms with Crippen LogP contribution in [0.15, 0.2) is 28.5 Å². The van der Waals surface area contributed by atoms with Gasteiger partial charge in [0.1, 0.15) is 0 Å². The Morgan fingerprint density at radius 2 is 2.33 bits per heavy atom. The van der Waals surface area contributed by atoms with E-state index in [-0.39, 0.29) is 11.5 Å². The summed E-state index contributed by atoms with van der Waals surface area (Å²) in [5.74, 6) is -0.195. The number of pyridine rings is 1.